The summed E-state index contributed by atoms with van der Waals surface area (Å²) >= 11 is 0. The summed E-state index contributed by atoms with van der Waals surface area (Å²) in [5, 5.41) is 3.14. The zero-order valence-electron chi connectivity index (χ0n) is 12.1. The van der Waals surface area contributed by atoms with E-state index in [4.69, 9.17) is 0 Å². The molecule has 0 atom stereocenters. The van der Waals surface area contributed by atoms with Gasteiger partial charge < -0.3 is 10.2 Å². The number of benzene rings is 1. The molecule has 0 amide bonds. The van der Waals surface area contributed by atoms with Crippen molar-refractivity contribution in [3.05, 3.63) is 53.2 Å². The molecule has 0 aliphatic rings. The van der Waals surface area contributed by atoms with Gasteiger partial charge in [-0.2, -0.15) is 0 Å². The Kier molecular flexibility index (Phi) is 4.17. The fourth-order valence-corrected chi connectivity index (χ4v) is 2.17. The Bertz CT molecular complexity index is 546. The lowest BCUT2D eigenvalue weighted by Gasteiger charge is -2.21. The molecule has 1 aromatic heterocycles. The highest BCUT2D eigenvalue weighted by atomic mass is 15.2. The van der Waals surface area contributed by atoms with E-state index in [9.17, 15) is 0 Å². The van der Waals surface area contributed by atoms with Gasteiger partial charge in [-0.3, -0.25) is 0 Å². The minimum atomic E-state index is 0.850. The molecule has 1 heterocycles. The third-order valence-corrected chi connectivity index (χ3v) is 3.23. The number of aromatic nitrogens is 1. The quantitative estimate of drug-likeness (QED) is 0.909. The highest BCUT2D eigenvalue weighted by Crippen LogP contribution is 2.25. The minimum Gasteiger partial charge on any atom is -0.329 e. The zero-order chi connectivity index (χ0) is 13.8. The maximum Gasteiger partial charge on any atom is 0.135 e. The molecule has 0 saturated carbocycles. The predicted octanol–water partition coefficient (Wildman–Crippen LogP) is 3.19. The molecule has 0 spiro atoms. The summed E-state index contributed by atoms with van der Waals surface area (Å²) in [5.41, 5.74) is 4.82. The summed E-state index contributed by atoms with van der Waals surface area (Å²) in [6.07, 6.45) is 1.93. The standard InChI is InChI=1S/C16H21N3/c1-12-5-7-15(8-6-12)19(4)16-13(2)9-14(10-17-3)11-18-16/h5-9,11,17H,10H2,1-4H3. The van der Waals surface area contributed by atoms with Gasteiger partial charge >= 0.3 is 0 Å². The molecule has 3 nitrogen and oxygen atoms in total. The van der Waals surface area contributed by atoms with Crippen molar-refractivity contribution in [2.45, 2.75) is 20.4 Å². The van der Waals surface area contributed by atoms with Crippen molar-refractivity contribution in [2.75, 3.05) is 19.0 Å². The number of nitrogens with one attached hydrogen (secondary N) is 1. The molecule has 2 aromatic rings. The lowest BCUT2D eigenvalue weighted by atomic mass is 10.1. The first kappa shape index (κ1) is 13.6. The number of anilines is 2. The molecule has 0 fully saturated rings. The zero-order valence-corrected chi connectivity index (χ0v) is 12.1. The highest BCUT2D eigenvalue weighted by molar-refractivity contribution is 5.62. The highest BCUT2D eigenvalue weighted by Gasteiger charge is 2.08. The molecule has 0 radical (unpaired) electrons. The molecular formula is C16H21N3. The molecule has 0 aliphatic carbocycles. The van der Waals surface area contributed by atoms with Crippen LogP contribution in [0.2, 0.25) is 0 Å². The predicted molar refractivity (Wildman–Crippen MR) is 81.0 cm³/mol. The second kappa shape index (κ2) is 5.85. The molecule has 1 aromatic carbocycles. The summed E-state index contributed by atoms with van der Waals surface area (Å²) in [6, 6.07) is 10.7. The lowest BCUT2D eigenvalue weighted by molar-refractivity contribution is 0.811. The van der Waals surface area contributed by atoms with Gasteiger partial charge in [-0.1, -0.05) is 17.7 Å². The Morgan fingerprint density at radius 3 is 2.42 bits per heavy atom. The number of nitrogens with zero attached hydrogens (tertiary/aromatic N) is 2. The smallest absolute Gasteiger partial charge is 0.135 e. The van der Waals surface area contributed by atoms with E-state index in [1.165, 1.54) is 16.7 Å². The molecule has 0 unspecified atom stereocenters. The van der Waals surface area contributed by atoms with Gasteiger partial charge in [0.25, 0.3) is 0 Å². The summed E-state index contributed by atoms with van der Waals surface area (Å²) in [5.74, 6) is 1.00. The van der Waals surface area contributed by atoms with Crippen molar-refractivity contribution in [3.8, 4) is 0 Å². The second-order valence-corrected chi connectivity index (χ2v) is 4.91. The Hall–Kier alpha value is -1.87. The van der Waals surface area contributed by atoms with Gasteiger partial charge in [-0.25, -0.2) is 4.98 Å². The first-order valence-corrected chi connectivity index (χ1v) is 6.52. The monoisotopic (exact) mass is 255 g/mol. The Balaban J connectivity index is 2.28. The summed E-state index contributed by atoms with van der Waals surface area (Å²) in [4.78, 5) is 6.70. The van der Waals surface area contributed by atoms with Crippen molar-refractivity contribution in [3.63, 3.8) is 0 Å². The van der Waals surface area contributed by atoms with Crippen LogP contribution in [-0.2, 0) is 6.54 Å². The summed E-state index contributed by atoms with van der Waals surface area (Å²) in [7, 11) is 4.00. The second-order valence-electron chi connectivity index (χ2n) is 4.91. The first-order valence-electron chi connectivity index (χ1n) is 6.52. The summed E-state index contributed by atoms with van der Waals surface area (Å²) in [6.45, 7) is 5.05. The van der Waals surface area contributed by atoms with Gasteiger partial charge in [0.2, 0.25) is 0 Å². The Morgan fingerprint density at radius 2 is 1.84 bits per heavy atom. The van der Waals surface area contributed by atoms with Crippen LogP contribution in [0.25, 0.3) is 0 Å². The molecule has 1 N–H and O–H groups in total. The normalized spacial score (nSPS) is 10.5. The number of hydrogen-bond acceptors (Lipinski definition) is 3. The van der Waals surface area contributed by atoms with E-state index in [0.29, 0.717) is 0 Å². The fourth-order valence-electron chi connectivity index (χ4n) is 2.17. The third-order valence-electron chi connectivity index (χ3n) is 3.23. The number of rotatable bonds is 4. The molecule has 100 valence electrons. The third kappa shape index (κ3) is 3.12. The van der Waals surface area contributed by atoms with E-state index in [0.717, 1.165) is 18.1 Å². The topological polar surface area (TPSA) is 28.2 Å². The van der Waals surface area contributed by atoms with E-state index >= 15 is 0 Å². The largest absolute Gasteiger partial charge is 0.329 e. The van der Waals surface area contributed by atoms with Gasteiger partial charge in [0, 0.05) is 25.5 Å². The molecule has 0 bridgehead atoms. The van der Waals surface area contributed by atoms with E-state index in [1.54, 1.807) is 0 Å². The Morgan fingerprint density at radius 1 is 1.16 bits per heavy atom. The van der Waals surface area contributed by atoms with Crippen LogP contribution in [0.4, 0.5) is 11.5 Å². The van der Waals surface area contributed by atoms with Crippen molar-refractivity contribution in [2.24, 2.45) is 0 Å². The van der Waals surface area contributed by atoms with Gasteiger partial charge in [0.1, 0.15) is 5.82 Å². The van der Waals surface area contributed by atoms with E-state index in [-0.39, 0.29) is 0 Å². The van der Waals surface area contributed by atoms with Crippen LogP contribution in [0.5, 0.6) is 0 Å². The molecule has 0 saturated heterocycles. The first-order chi connectivity index (χ1) is 9.11. The van der Waals surface area contributed by atoms with E-state index in [1.807, 2.05) is 13.2 Å². The van der Waals surface area contributed by atoms with Crippen molar-refractivity contribution >= 4 is 11.5 Å². The van der Waals surface area contributed by atoms with Crippen LogP contribution < -0.4 is 10.2 Å². The maximum atomic E-state index is 4.58. The van der Waals surface area contributed by atoms with Crippen LogP contribution >= 0.6 is 0 Å². The molecule has 0 aliphatic heterocycles. The average Bonchev–Trinajstić information content (AvgIpc) is 2.39. The molecule has 2 rings (SSSR count). The van der Waals surface area contributed by atoms with Crippen LogP contribution in [0, 0.1) is 13.8 Å². The number of aryl methyl sites for hydroxylation is 2. The van der Waals surface area contributed by atoms with Crippen LogP contribution in [0.3, 0.4) is 0 Å². The van der Waals surface area contributed by atoms with Gasteiger partial charge in [0.05, 0.1) is 0 Å². The fraction of sp³-hybridized carbons (Fsp3) is 0.312. The average molecular weight is 255 g/mol. The molecular weight excluding hydrogens is 234 g/mol. The lowest BCUT2D eigenvalue weighted by Crippen LogP contribution is -2.14. The minimum absolute atomic E-state index is 0.850. The van der Waals surface area contributed by atoms with Crippen molar-refractivity contribution < 1.29 is 0 Å². The van der Waals surface area contributed by atoms with E-state index in [2.05, 4.69) is 66.4 Å². The van der Waals surface area contributed by atoms with Crippen molar-refractivity contribution in [1.29, 1.82) is 0 Å². The number of hydrogen-bond donors (Lipinski definition) is 1. The number of pyridine rings is 1. The molecule has 19 heavy (non-hydrogen) atoms. The molecule has 3 heteroatoms. The van der Waals surface area contributed by atoms with Gasteiger partial charge in [0.15, 0.2) is 0 Å². The van der Waals surface area contributed by atoms with E-state index < -0.39 is 0 Å². The van der Waals surface area contributed by atoms with Gasteiger partial charge in [-0.05, 0) is 50.2 Å². The van der Waals surface area contributed by atoms with Crippen LogP contribution in [0.1, 0.15) is 16.7 Å². The van der Waals surface area contributed by atoms with Crippen molar-refractivity contribution in [1.82, 2.24) is 10.3 Å². The Labute approximate surface area is 115 Å². The SMILES string of the molecule is CNCc1cnc(N(C)c2ccc(C)cc2)c(C)c1. The van der Waals surface area contributed by atoms with Crippen LogP contribution in [0.15, 0.2) is 36.5 Å². The van der Waals surface area contributed by atoms with Gasteiger partial charge in [-0.15, -0.1) is 0 Å². The maximum absolute atomic E-state index is 4.58. The summed E-state index contributed by atoms with van der Waals surface area (Å²) < 4.78 is 0. The van der Waals surface area contributed by atoms with Crippen LogP contribution in [-0.4, -0.2) is 19.1 Å².